The molecule has 78 valence electrons. The van der Waals surface area contributed by atoms with Crippen LogP contribution in [0.25, 0.3) is 0 Å². The molecule has 0 rings (SSSR count). The smallest absolute Gasteiger partial charge is 0.305 e. The van der Waals surface area contributed by atoms with E-state index in [0.717, 1.165) is 19.3 Å². The van der Waals surface area contributed by atoms with Crippen LogP contribution >= 0.6 is 0 Å². The zero-order chi connectivity index (χ0) is 10.1. The molecule has 3 heteroatoms. The Morgan fingerprint density at radius 1 is 1.46 bits per heavy atom. The number of nitrogens with two attached hydrogens (primary N) is 1. The van der Waals surface area contributed by atoms with Gasteiger partial charge in [-0.15, -0.1) is 0 Å². The van der Waals surface area contributed by atoms with Crippen molar-refractivity contribution in [2.45, 2.75) is 52.0 Å². The quantitative estimate of drug-likeness (QED) is 0.489. The SMILES string of the molecule is CCCCCOC(=O)CCC(C)N. The van der Waals surface area contributed by atoms with Crippen molar-refractivity contribution < 1.29 is 9.53 Å². The van der Waals surface area contributed by atoms with Crippen molar-refractivity contribution in [1.29, 1.82) is 0 Å². The van der Waals surface area contributed by atoms with E-state index >= 15 is 0 Å². The van der Waals surface area contributed by atoms with Gasteiger partial charge in [-0.1, -0.05) is 19.8 Å². The van der Waals surface area contributed by atoms with Gasteiger partial charge in [-0.25, -0.2) is 0 Å². The van der Waals surface area contributed by atoms with E-state index in [9.17, 15) is 4.79 Å². The molecule has 0 aromatic rings. The number of hydrogen-bond acceptors (Lipinski definition) is 3. The van der Waals surface area contributed by atoms with Crippen molar-refractivity contribution >= 4 is 5.97 Å². The highest BCUT2D eigenvalue weighted by Gasteiger charge is 2.03. The first-order chi connectivity index (χ1) is 6.16. The van der Waals surface area contributed by atoms with Gasteiger partial charge in [0.15, 0.2) is 0 Å². The normalized spacial score (nSPS) is 12.5. The fourth-order valence-electron chi connectivity index (χ4n) is 0.956. The Hall–Kier alpha value is -0.570. The van der Waals surface area contributed by atoms with Crippen molar-refractivity contribution in [3.05, 3.63) is 0 Å². The monoisotopic (exact) mass is 187 g/mol. The van der Waals surface area contributed by atoms with Gasteiger partial charge in [0.2, 0.25) is 0 Å². The van der Waals surface area contributed by atoms with Crippen LogP contribution in [0.3, 0.4) is 0 Å². The molecule has 3 nitrogen and oxygen atoms in total. The van der Waals surface area contributed by atoms with Gasteiger partial charge in [-0.3, -0.25) is 4.79 Å². The molecule has 0 bridgehead atoms. The van der Waals surface area contributed by atoms with E-state index in [1.54, 1.807) is 0 Å². The summed E-state index contributed by atoms with van der Waals surface area (Å²) >= 11 is 0. The predicted molar refractivity (Wildman–Crippen MR) is 53.4 cm³/mol. The molecule has 1 atom stereocenters. The zero-order valence-electron chi connectivity index (χ0n) is 8.71. The van der Waals surface area contributed by atoms with E-state index in [2.05, 4.69) is 6.92 Å². The first-order valence-electron chi connectivity index (χ1n) is 5.08. The molecule has 13 heavy (non-hydrogen) atoms. The highest BCUT2D eigenvalue weighted by molar-refractivity contribution is 5.69. The molecule has 0 amide bonds. The summed E-state index contributed by atoms with van der Waals surface area (Å²) in [5.74, 6) is -0.117. The van der Waals surface area contributed by atoms with E-state index in [0.29, 0.717) is 19.4 Å². The van der Waals surface area contributed by atoms with Crippen molar-refractivity contribution in [3.8, 4) is 0 Å². The number of unbranched alkanes of at least 4 members (excludes halogenated alkanes) is 2. The van der Waals surface area contributed by atoms with Crippen molar-refractivity contribution in [1.82, 2.24) is 0 Å². The summed E-state index contributed by atoms with van der Waals surface area (Å²) < 4.78 is 5.00. The molecule has 0 spiro atoms. The van der Waals surface area contributed by atoms with Gasteiger partial charge in [0.05, 0.1) is 6.61 Å². The number of carbonyl (C=O) groups excluding carboxylic acids is 1. The lowest BCUT2D eigenvalue weighted by molar-refractivity contribution is -0.143. The molecule has 0 aliphatic carbocycles. The maximum atomic E-state index is 11.0. The van der Waals surface area contributed by atoms with E-state index < -0.39 is 0 Å². The van der Waals surface area contributed by atoms with Gasteiger partial charge in [0.1, 0.15) is 0 Å². The Kier molecular flexibility index (Phi) is 7.69. The molecular formula is C10H21NO2. The van der Waals surface area contributed by atoms with Gasteiger partial charge in [-0.05, 0) is 19.8 Å². The standard InChI is InChI=1S/C10H21NO2/c1-3-4-5-8-13-10(12)7-6-9(2)11/h9H,3-8,11H2,1-2H3. The van der Waals surface area contributed by atoms with Crippen LogP contribution in [0.15, 0.2) is 0 Å². The Bertz CT molecular complexity index is 135. The third-order valence-electron chi connectivity index (χ3n) is 1.81. The average Bonchev–Trinajstić information content (AvgIpc) is 2.09. The van der Waals surface area contributed by atoms with E-state index in [1.807, 2.05) is 6.92 Å². The molecule has 0 aliphatic rings. The maximum absolute atomic E-state index is 11.0. The van der Waals surface area contributed by atoms with Gasteiger partial charge in [0.25, 0.3) is 0 Å². The van der Waals surface area contributed by atoms with Gasteiger partial charge in [-0.2, -0.15) is 0 Å². The van der Waals surface area contributed by atoms with Crippen LogP contribution in [0.5, 0.6) is 0 Å². The van der Waals surface area contributed by atoms with Crippen LogP contribution in [0.4, 0.5) is 0 Å². The predicted octanol–water partition coefficient (Wildman–Crippen LogP) is 1.85. The molecule has 0 aromatic carbocycles. The highest BCUT2D eigenvalue weighted by Crippen LogP contribution is 1.99. The minimum atomic E-state index is -0.117. The minimum absolute atomic E-state index is 0.0863. The van der Waals surface area contributed by atoms with Crippen molar-refractivity contribution in [2.24, 2.45) is 5.73 Å². The van der Waals surface area contributed by atoms with Crippen LogP contribution in [-0.2, 0) is 9.53 Å². The summed E-state index contributed by atoms with van der Waals surface area (Å²) in [5, 5.41) is 0. The van der Waals surface area contributed by atoms with Gasteiger partial charge in [0, 0.05) is 12.5 Å². The van der Waals surface area contributed by atoms with Crippen LogP contribution < -0.4 is 5.73 Å². The molecule has 0 aliphatic heterocycles. The molecule has 0 aromatic heterocycles. The highest BCUT2D eigenvalue weighted by atomic mass is 16.5. The second-order valence-corrected chi connectivity index (χ2v) is 3.44. The number of rotatable bonds is 7. The Morgan fingerprint density at radius 2 is 2.15 bits per heavy atom. The number of esters is 1. The van der Waals surface area contributed by atoms with Crippen LogP contribution in [0.1, 0.15) is 46.0 Å². The minimum Gasteiger partial charge on any atom is -0.466 e. The van der Waals surface area contributed by atoms with Gasteiger partial charge >= 0.3 is 5.97 Å². The summed E-state index contributed by atoms with van der Waals surface area (Å²) in [6, 6.07) is 0.0863. The Balaban J connectivity index is 3.20. The van der Waals surface area contributed by atoms with E-state index in [4.69, 9.17) is 10.5 Å². The second kappa shape index (κ2) is 8.05. The number of carbonyl (C=O) groups is 1. The molecule has 0 saturated carbocycles. The third-order valence-corrected chi connectivity index (χ3v) is 1.81. The second-order valence-electron chi connectivity index (χ2n) is 3.44. The largest absolute Gasteiger partial charge is 0.466 e. The topological polar surface area (TPSA) is 52.3 Å². The molecule has 0 fully saturated rings. The zero-order valence-corrected chi connectivity index (χ0v) is 8.71. The fourth-order valence-corrected chi connectivity index (χ4v) is 0.956. The molecule has 0 radical (unpaired) electrons. The molecule has 1 unspecified atom stereocenters. The molecular weight excluding hydrogens is 166 g/mol. The van der Waals surface area contributed by atoms with Crippen LogP contribution in [0.2, 0.25) is 0 Å². The van der Waals surface area contributed by atoms with Crippen molar-refractivity contribution in [3.63, 3.8) is 0 Å². The average molecular weight is 187 g/mol. The Morgan fingerprint density at radius 3 is 2.69 bits per heavy atom. The molecule has 2 N–H and O–H groups in total. The third kappa shape index (κ3) is 9.34. The van der Waals surface area contributed by atoms with E-state index in [-0.39, 0.29) is 12.0 Å². The first kappa shape index (κ1) is 12.4. The number of hydrogen-bond donors (Lipinski definition) is 1. The molecule has 0 saturated heterocycles. The number of ether oxygens (including phenoxy) is 1. The van der Waals surface area contributed by atoms with E-state index in [1.165, 1.54) is 0 Å². The van der Waals surface area contributed by atoms with Crippen LogP contribution in [0, 0.1) is 0 Å². The lowest BCUT2D eigenvalue weighted by Gasteiger charge is -2.05. The lowest BCUT2D eigenvalue weighted by atomic mass is 10.2. The van der Waals surface area contributed by atoms with Crippen LogP contribution in [-0.4, -0.2) is 18.6 Å². The fraction of sp³-hybridized carbons (Fsp3) is 0.900. The first-order valence-corrected chi connectivity index (χ1v) is 5.08. The summed E-state index contributed by atoms with van der Waals surface area (Å²) in [5.41, 5.74) is 5.51. The van der Waals surface area contributed by atoms with Gasteiger partial charge < -0.3 is 10.5 Å². The summed E-state index contributed by atoms with van der Waals surface area (Å²) in [6.07, 6.45) is 4.41. The maximum Gasteiger partial charge on any atom is 0.305 e. The Labute approximate surface area is 80.6 Å². The summed E-state index contributed by atoms with van der Waals surface area (Å²) in [7, 11) is 0. The lowest BCUT2D eigenvalue weighted by Crippen LogP contribution is -2.17. The molecule has 0 heterocycles. The summed E-state index contributed by atoms with van der Waals surface area (Å²) in [4.78, 5) is 11.0. The van der Waals surface area contributed by atoms with Crippen molar-refractivity contribution in [2.75, 3.05) is 6.61 Å². The summed E-state index contributed by atoms with van der Waals surface area (Å²) in [6.45, 7) is 4.58.